The van der Waals surface area contributed by atoms with Crippen LogP contribution in [0.1, 0.15) is 5.56 Å². The van der Waals surface area contributed by atoms with Crippen molar-refractivity contribution in [3.05, 3.63) is 40.9 Å². The summed E-state index contributed by atoms with van der Waals surface area (Å²) in [6, 6.07) is 7.00. The van der Waals surface area contributed by atoms with Gasteiger partial charge < -0.3 is 9.64 Å². The minimum absolute atomic E-state index is 0.253. The molecule has 1 aromatic carbocycles. The number of carbonyl (C=O) groups excluding carboxylic acids is 2. The smallest absolute Gasteiger partial charge is 0.331 e. The maximum absolute atomic E-state index is 11.3. The quantitative estimate of drug-likeness (QED) is 0.619. The van der Waals surface area contributed by atoms with Crippen LogP contribution in [-0.2, 0) is 14.3 Å². The molecule has 0 heterocycles. The summed E-state index contributed by atoms with van der Waals surface area (Å²) < 4.78 is 4.77. The first-order chi connectivity index (χ1) is 8.49. The van der Waals surface area contributed by atoms with Gasteiger partial charge >= 0.3 is 5.97 Å². The van der Waals surface area contributed by atoms with Crippen LogP contribution in [-0.4, -0.2) is 37.5 Å². The Labute approximate surface area is 111 Å². The fourth-order valence-corrected chi connectivity index (χ4v) is 1.17. The molecule has 0 radical (unpaired) electrons. The second kappa shape index (κ2) is 6.81. The summed E-state index contributed by atoms with van der Waals surface area (Å²) in [6.45, 7) is -0.253. The lowest BCUT2D eigenvalue weighted by Crippen LogP contribution is -2.27. The van der Waals surface area contributed by atoms with Crippen molar-refractivity contribution in [1.82, 2.24) is 4.90 Å². The molecule has 1 rings (SSSR count). The van der Waals surface area contributed by atoms with Crippen molar-refractivity contribution in [3.63, 3.8) is 0 Å². The van der Waals surface area contributed by atoms with Crippen molar-refractivity contribution in [2.45, 2.75) is 0 Å². The van der Waals surface area contributed by atoms with Gasteiger partial charge in [-0.25, -0.2) is 4.79 Å². The Balaban J connectivity index is 2.45. The van der Waals surface area contributed by atoms with Crippen LogP contribution in [0.2, 0.25) is 5.02 Å². The first kappa shape index (κ1) is 14.3. The number of amides is 1. The van der Waals surface area contributed by atoms with Crippen molar-refractivity contribution in [2.75, 3.05) is 20.7 Å². The van der Waals surface area contributed by atoms with Gasteiger partial charge in [0, 0.05) is 25.2 Å². The molecule has 0 spiro atoms. The van der Waals surface area contributed by atoms with E-state index in [0.29, 0.717) is 5.02 Å². The number of benzene rings is 1. The lowest BCUT2D eigenvalue weighted by Gasteiger charge is -2.09. The Morgan fingerprint density at radius 2 is 1.89 bits per heavy atom. The van der Waals surface area contributed by atoms with E-state index >= 15 is 0 Å². The maximum Gasteiger partial charge on any atom is 0.331 e. The van der Waals surface area contributed by atoms with E-state index in [1.165, 1.54) is 11.0 Å². The molecule has 0 aromatic heterocycles. The molecule has 0 unspecified atom stereocenters. The Kier molecular flexibility index (Phi) is 5.39. The predicted octanol–water partition coefficient (Wildman–Crippen LogP) is 1.98. The summed E-state index contributed by atoms with van der Waals surface area (Å²) in [7, 11) is 3.19. The summed E-state index contributed by atoms with van der Waals surface area (Å²) in [5.41, 5.74) is 0.829. The second-order valence-corrected chi connectivity index (χ2v) is 4.22. The molecule has 0 bridgehead atoms. The highest BCUT2D eigenvalue weighted by Crippen LogP contribution is 2.10. The van der Waals surface area contributed by atoms with Crippen LogP contribution in [0.5, 0.6) is 0 Å². The predicted molar refractivity (Wildman–Crippen MR) is 70.1 cm³/mol. The fraction of sp³-hybridized carbons (Fsp3) is 0.231. The topological polar surface area (TPSA) is 46.6 Å². The Hall–Kier alpha value is -1.81. The van der Waals surface area contributed by atoms with Gasteiger partial charge in [0.2, 0.25) is 0 Å². The minimum Gasteiger partial charge on any atom is -0.452 e. The summed E-state index contributed by atoms with van der Waals surface area (Å²) in [6.07, 6.45) is 2.87. The zero-order valence-electron chi connectivity index (χ0n) is 10.2. The molecule has 96 valence electrons. The number of likely N-dealkylation sites (N-methyl/N-ethyl adjacent to an activating group) is 1. The number of rotatable bonds is 4. The Morgan fingerprint density at radius 3 is 2.44 bits per heavy atom. The van der Waals surface area contributed by atoms with Crippen molar-refractivity contribution >= 4 is 29.6 Å². The van der Waals surface area contributed by atoms with E-state index in [1.54, 1.807) is 44.4 Å². The molecule has 0 aliphatic heterocycles. The van der Waals surface area contributed by atoms with Crippen molar-refractivity contribution < 1.29 is 14.3 Å². The van der Waals surface area contributed by atoms with Crippen LogP contribution in [0.4, 0.5) is 0 Å². The van der Waals surface area contributed by atoms with E-state index in [1.807, 2.05) is 0 Å². The van der Waals surface area contributed by atoms with E-state index in [-0.39, 0.29) is 12.5 Å². The average Bonchev–Trinajstić information content (AvgIpc) is 2.35. The zero-order chi connectivity index (χ0) is 13.5. The molecule has 0 saturated heterocycles. The molecule has 0 saturated carbocycles. The van der Waals surface area contributed by atoms with Gasteiger partial charge in [0.1, 0.15) is 0 Å². The largest absolute Gasteiger partial charge is 0.452 e. The van der Waals surface area contributed by atoms with Crippen LogP contribution < -0.4 is 0 Å². The number of carbonyl (C=O) groups is 2. The van der Waals surface area contributed by atoms with Gasteiger partial charge in [0.25, 0.3) is 5.91 Å². The normalized spacial score (nSPS) is 10.4. The highest BCUT2D eigenvalue weighted by Gasteiger charge is 2.06. The molecule has 5 heteroatoms. The van der Waals surface area contributed by atoms with E-state index in [4.69, 9.17) is 16.3 Å². The number of ether oxygens (including phenoxy) is 1. The third-order valence-corrected chi connectivity index (χ3v) is 2.37. The number of nitrogens with zero attached hydrogens (tertiary/aromatic N) is 1. The summed E-state index contributed by atoms with van der Waals surface area (Å²) in [4.78, 5) is 23.8. The molecular weight excluding hydrogens is 254 g/mol. The lowest BCUT2D eigenvalue weighted by atomic mass is 10.2. The van der Waals surface area contributed by atoms with E-state index < -0.39 is 5.97 Å². The van der Waals surface area contributed by atoms with Gasteiger partial charge in [-0.2, -0.15) is 0 Å². The summed E-state index contributed by atoms with van der Waals surface area (Å²) in [5, 5.41) is 0.631. The molecule has 0 fully saturated rings. The van der Waals surface area contributed by atoms with Crippen molar-refractivity contribution in [3.8, 4) is 0 Å². The van der Waals surface area contributed by atoms with E-state index in [2.05, 4.69) is 0 Å². The van der Waals surface area contributed by atoms with Crippen LogP contribution in [0, 0.1) is 0 Å². The van der Waals surface area contributed by atoms with E-state index in [0.717, 1.165) is 5.56 Å². The molecular formula is C13H14ClNO3. The molecule has 0 aliphatic carbocycles. The molecule has 18 heavy (non-hydrogen) atoms. The molecule has 4 nitrogen and oxygen atoms in total. The lowest BCUT2D eigenvalue weighted by molar-refractivity contribution is -0.146. The number of halogens is 1. The zero-order valence-corrected chi connectivity index (χ0v) is 11.0. The molecule has 1 aromatic rings. The van der Waals surface area contributed by atoms with Gasteiger partial charge in [-0.05, 0) is 23.8 Å². The first-order valence-corrected chi connectivity index (χ1v) is 5.67. The molecule has 0 N–H and O–H groups in total. The molecule has 0 aliphatic rings. The summed E-state index contributed by atoms with van der Waals surface area (Å²) >= 11 is 5.73. The number of esters is 1. The average molecular weight is 268 g/mol. The van der Waals surface area contributed by atoms with E-state index in [9.17, 15) is 9.59 Å². The Morgan fingerprint density at radius 1 is 1.28 bits per heavy atom. The third kappa shape index (κ3) is 5.01. The third-order valence-electron chi connectivity index (χ3n) is 2.12. The van der Waals surface area contributed by atoms with Crippen molar-refractivity contribution in [2.24, 2.45) is 0 Å². The standard InChI is InChI=1S/C13H14ClNO3/c1-15(2)12(16)9-18-13(17)8-5-10-3-6-11(14)7-4-10/h3-8H,9H2,1-2H3. The molecule has 1 amide bonds. The van der Waals surface area contributed by atoms with Crippen LogP contribution >= 0.6 is 11.6 Å². The molecule has 0 atom stereocenters. The van der Waals surface area contributed by atoms with Gasteiger partial charge in [0.05, 0.1) is 0 Å². The monoisotopic (exact) mass is 267 g/mol. The SMILES string of the molecule is CN(C)C(=O)COC(=O)C=Cc1ccc(Cl)cc1. The van der Waals surface area contributed by atoms with Crippen LogP contribution in [0.15, 0.2) is 30.3 Å². The van der Waals surface area contributed by atoms with Crippen LogP contribution in [0.25, 0.3) is 6.08 Å². The number of hydrogen-bond donors (Lipinski definition) is 0. The van der Waals surface area contributed by atoms with Crippen molar-refractivity contribution in [1.29, 1.82) is 0 Å². The second-order valence-electron chi connectivity index (χ2n) is 3.78. The maximum atomic E-state index is 11.3. The highest BCUT2D eigenvalue weighted by molar-refractivity contribution is 6.30. The summed E-state index contributed by atoms with van der Waals surface area (Å²) in [5.74, 6) is -0.816. The van der Waals surface area contributed by atoms with Gasteiger partial charge in [0.15, 0.2) is 6.61 Å². The Bertz CT molecular complexity index is 452. The van der Waals surface area contributed by atoms with Gasteiger partial charge in [-0.1, -0.05) is 23.7 Å². The number of hydrogen-bond acceptors (Lipinski definition) is 3. The highest BCUT2D eigenvalue weighted by atomic mass is 35.5. The van der Waals surface area contributed by atoms with Crippen LogP contribution in [0.3, 0.4) is 0 Å². The van der Waals surface area contributed by atoms with Gasteiger partial charge in [-0.15, -0.1) is 0 Å². The van der Waals surface area contributed by atoms with Gasteiger partial charge in [-0.3, -0.25) is 4.79 Å². The first-order valence-electron chi connectivity index (χ1n) is 5.29. The fourth-order valence-electron chi connectivity index (χ4n) is 1.05. The minimum atomic E-state index is -0.555.